The molecule has 0 spiro atoms. The van der Waals surface area contributed by atoms with Gasteiger partial charge in [0.15, 0.2) is 0 Å². The minimum Gasteiger partial charge on any atom is -0.356 e. The molecule has 0 amide bonds. The number of H-pyrrole nitrogens is 1. The summed E-state index contributed by atoms with van der Waals surface area (Å²) in [5.41, 5.74) is 1.23. The average molecular weight is 243 g/mol. The normalized spacial score (nSPS) is 20.0. The van der Waals surface area contributed by atoms with E-state index in [4.69, 9.17) is 0 Å². The maximum atomic E-state index is 4.33. The highest BCUT2D eigenvalue weighted by atomic mass is 15.2. The second kappa shape index (κ2) is 5.16. The van der Waals surface area contributed by atoms with E-state index >= 15 is 0 Å². The Morgan fingerprint density at radius 3 is 3.11 bits per heavy atom. The smallest absolute Gasteiger partial charge is 0.131 e. The summed E-state index contributed by atoms with van der Waals surface area (Å²) in [6, 6.07) is 4.04. The Bertz CT molecular complexity index is 467. The van der Waals surface area contributed by atoms with Crippen LogP contribution in [0.5, 0.6) is 0 Å². The van der Waals surface area contributed by atoms with Crippen molar-refractivity contribution in [2.75, 3.05) is 18.0 Å². The van der Waals surface area contributed by atoms with E-state index in [1.807, 2.05) is 12.3 Å². The third kappa shape index (κ3) is 2.50. The van der Waals surface area contributed by atoms with E-state index in [2.05, 4.69) is 31.1 Å². The monoisotopic (exact) mass is 243 g/mol. The van der Waals surface area contributed by atoms with Gasteiger partial charge in [0.05, 0.1) is 0 Å². The first-order valence-electron chi connectivity index (χ1n) is 6.41. The van der Waals surface area contributed by atoms with Crippen molar-refractivity contribution in [1.82, 2.24) is 20.2 Å². The number of nitrogens with zero attached hydrogens (tertiary/aromatic N) is 4. The molecule has 0 radical (unpaired) electrons. The predicted molar refractivity (Wildman–Crippen MR) is 69.3 cm³/mol. The van der Waals surface area contributed by atoms with Gasteiger partial charge >= 0.3 is 0 Å². The van der Waals surface area contributed by atoms with Crippen LogP contribution in [0, 0.1) is 5.92 Å². The number of nitrogens with one attached hydrogen (secondary N) is 1. The number of aromatic nitrogens is 4. The van der Waals surface area contributed by atoms with Crippen LogP contribution in [0.15, 0.2) is 30.9 Å². The highest BCUT2D eigenvalue weighted by Crippen LogP contribution is 2.23. The molecule has 1 saturated heterocycles. The minimum absolute atomic E-state index is 0.675. The van der Waals surface area contributed by atoms with Crippen LogP contribution in [0.2, 0.25) is 0 Å². The third-order valence-electron chi connectivity index (χ3n) is 3.48. The highest BCUT2D eigenvalue weighted by Gasteiger charge is 2.21. The summed E-state index contributed by atoms with van der Waals surface area (Å²) in [4.78, 5) is 10.7. The molecule has 3 rings (SSSR count). The molecule has 1 N–H and O–H groups in total. The number of aromatic amines is 1. The fourth-order valence-electron chi connectivity index (χ4n) is 2.62. The Morgan fingerprint density at radius 1 is 1.33 bits per heavy atom. The highest BCUT2D eigenvalue weighted by molar-refractivity contribution is 5.37. The summed E-state index contributed by atoms with van der Waals surface area (Å²) in [6.45, 7) is 2.16. The van der Waals surface area contributed by atoms with Crippen LogP contribution in [-0.2, 0) is 6.42 Å². The number of piperidine rings is 1. The molecule has 18 heavy (non-hydrogen) atoms. The fourth-order valence-corrected chi connectivity index (χ4v) is 2.62. The van der Waals surface area contributed by atoms with E-state index in [0.29, 0.717) is 5.92 Å². The van der Waals surface area contributed by atoms with E-state index in [1.165, 1.54) is 18.5 Å². The SMILES string of the molecule is c1cc(N2CCCC(Cc3ccn[nH]3)C2)ncn1. The molecule has 1 unspecified atom stereocenters. The molecule has 5 nitrogen and oxygen atoms in total. The molecule has 0 aliphatic carbocycles. The van der Waals surface area contributed by atoms with Crippen LogP contribution in [0.1, 0.15) is 18.5 Å². The van der Waals surface area contributed by atoms with Crippen LogP contribution in [0.3, 0.4) is 0 Å². The first-order chi connectivity index (χ1) is 8.92. The maximum absolute atomic E-state index is 4.33. The van der Waals surface area contributed by atoms with Gasteiger partial charge in [0.25, 0.3) is 0 Å². The van der Waals surface area contributed by atoms with E-state index < -0.39 is 0 Å². The van der Waals surface area contributed by atoms with Crippen molar-refractivity contribution < 1.29 is 0 Å². The summed E-state index contributed by atoms with van der Waals surface area (Å²) >= 11 is 0. The number of anilines is 1. The van der Waals surface area contributed by atoms with Gasteiger partial charge in [-0.25, -0.2) is 9.97 Å². The van der Waals surface area contributed by atoms with Gasteiger partial charge in [-0.1, -0.05) is 0 Å². The van der Waals surface area contributed by atoms with Crippen molar-refractivity contribution in [3.8, 4) is 0 Å². The first kappa shape index (κ1) is 11.2. The van der Waals surface area contributed by atoms with Gasteiger partial charge in [-0.2, -0.15) is 5.10 Å². The number of rotatable bonds is 3. The molecule has 3 heterocycles. The Kier molecular flexibility index (Phi) is 3.21. The molecule has 1 fully saturated rings. The number of hydrogen-bond acceptors (Lipinski definition) is 4. The lowest BCUT2D eigenvalue weighted by Crippen LogP contribution is -2.36. The summed E-state index contributed by atoms with van der Waals surface area (Å²) in [7, 11) is 0. The second-order valence-electron chi connectivity index (χ2n) is 4.81. The zero-order valence-electron chi connectivity index (χ0n) is 10.3. The standard InChI is InChI=1S/C13H17N5/c1-2-11(8-12-3-6-16-17-12)9-18(7-1)13-4-5-14-10-15-13/h3-6,10-11H,1-2,7-9H2,(H,16,17). The largest absolute Gasteiger partial charge is 0.356 e. The van der Waals surface area contributed by atoms with E-state index in [0.717, 1.165) is 25.3 Å². The Labute approximate surface area is 106 Å². The molecule has 5 heteroatoms. The fraction of sp³-hybridized carbons (Fsp3) is 0.462. The van der Waals surface area contributed by atoms with Gasteiger partial charge in [0.1, 0.15) is 12.1 Å². The lowest BCUT2D eigenvalue weighted by Gasteiger charge is -2.33. The average Bonchev–Trinajstić information content (AvgIpc) is 2.93. The Balaban J connectivity index is 1.65. The molecule has 1 aliphatic heterocycles. The van der Waals surface area contributed by atoms with E-state index in [9.17, 15) is 0 Å². The second-order valence-corrected chi connectivity index (χ2v) is 4.81. The molecule has 0 aromatic carbocycles. The molecular formula is C13H17N5. The van der Waals surface area contributed by atoms with Gasteiger partial charge in [-0.05, 0) is 37.3 Å². The van der Waals surface area contributed by atoms with Crippen molar-refractivity contribution in [1.29, 1.82) is 0 Å². The molecule has 1 aliphatic rings. The minimum atomic E-state index is 0.675. The van der Waals surface area contributed by atoms with Gasteiger partial charge in [0.2, 0.25) is 0 Å². The molecule has 0 saturated carbocycles. The van der Waals surface area contributed by atoms with E-state index in [1.54, 1.807) is 12.5 Å². The summed E-state index contributed by atoms with van der Waals surface area (Å²) in [5.74, 6) is 1.72. The van der Waals surface area contributed by atoms with Gasteiger partial charge < -0.3 is 4.90 Å². The van der Waals surface area contributed by atoms with Crippen LogP contribution < -0.4 is 4.90 Å². The van der Waals surface area contributed by atoms with Crippen molar-refractivity contribution in [3.63, 3.8) is 0 Å². The van der Waals surface area contributed by atoms with Crippen molar-refractivity contribution in [2.45, 2.75) is 19.3 Å². The van der Waals surface area contributed by atoms with Gasteiger partial charge in [-0.3, -0.25) is 5.10 Å². The molecule has 0 bridgehead atoms. The topological polar surface area (TPSA) is 57.7 Å². The quantitative estimate of drug-likeness (QED) is 0.890. The number of hydrogen-bond donors (Lipinski definition) is 1. The Morgan fingerprint density at radius 2 is 2.33 bits per heavy atom. The lowest BCUT2D eigenvalue weighted by atomic mass is 9.93. The van der Waals surface area contributed by atoms with Crippen LogP contribution >= 0.6 is 0 Å². The Hall–Kier alpha value is -1.91. The molecular weight excluding hydrogens is 226 g/mol. The maximum Gasteiger partial charge on any atom is 0.131 e. The summed E-state index contributed by atoms with van der Waals surface area (Å²) in [5, 5.41) is 7.05. The molecule has 1 atom stereocenters. The zero-order valence-corrected chi connectivity index (χ0v) is 10.3. The van der Waals surface area contributed by atoms with Gasteiger partial charge in [-0.15, -0.1) is 0 Å². The first-order valence-corrected chi connectivity index (χ1v) is 6.41. The van der Waals surface area contributed by atoms with Crippen molar-refractivity contribution in [2.24, 2.45) is 5.92 Å². The van der Waals surface area contributed by atoms with Crippen molar-refractivity contribution >= 4 is 5.82 Å². The van der Waals surface area contributed by atoms with E-state index in [-0.39, 0.29) is 0 Å². The molecule has 2 aromatic rings. The molecule has 2 aromatic heterocycles. The van der Waals surface area contributed by atoms with Crippen molar-refractivity contribution in [3.05, 3.63) is 36.5 Å². The van der Waals surface area contributed by atoms with Crippen LogP contribution in [-0.4, -0.2) is 33.3 Å². The predicted octanol–water partition coefficient (Wildman–Crippen LogP) is 1.66. The summed E-state index contributed by atoms with van der Waals surface area (Å²) < 4.78 is 0. The van der Waals surface area contributed by atoms with Crippen LogP contribution in [0.4, 0.5) is 5.82 Å². The third-order valence-corrected chi connectivity index (χ3v) is 3.48. The summed E-state index contributed by atoms with van der Waals surface area (Å²) in [6.07, 6.45) is 8.82. The zero-order chi connectivity index (χ0) is 12.2. The molecule has 94 valence electrons. The van der Waals surface area contributed by atoms with Crippen LogP contribution in [0.25, 0.3) is 0 Å². The van der Waals surface area contributed by atoms with Gasteiger partial charge in [0, 0.05) is 31.2 Å². The lowest BCUT2D eigenvalue weighted by molar-refractivity contribution is 0.408.